The van der Waals surface area contributed by atoms with Crippen molar-refractivity contribution in [1.82, 2.24) is 0 Å². The Morgan fingerprint density at radius 2 is 1.88 bits per heavy atom. The van der Waals surface area contributed by atoms with Crippen LogP contribution in [0.15, 0.2) is 11.6 Å². The zero-order valence-corrected chi connectivity index (χ0v) is 22.7. The summed E-state index contributed by atoms with van der Waals surface area (Å²) < 4.78 is 36.9. The van der Waals surface area contributed by atoms with Gasteiger partial charge in [0.1, 0.15) is 0 Å². The maximum atomic E-state index is 11.3. The van der Waals surface area contributed by atoms with Crippen LogP contribution in [0.25, 0.3) is 0 Å². The molecule has 3 aliphatic rings. The largest absolute Gasteiger partial charge is 0.397 e. The first-order chi connectivity index (χ1) is 15.5. The summed E-state index contributed by atoms with van der Waals surface area (Å²) in [5.74, 6) is 4.89. The molecule has 192 valence electrons. The molecule has 0 aromatic carbocycles. The van der Waals surface area contributed by atoms with Gasteiger partial charge in [-0.25, -0.2) is 4.18 Å². The van der Waals surface area contributed by atoms with Crippen molar-refractivity contribution in [1.29, 1.82) is 0 Å². The Kier molecular flexibility index (Phi) is 9.53. The first-order valence-electron chi connectivity index (χ1n) is 13.9. The average Bonchev–Trinajstić information content (AvgIpc) is 3.08. The van der Waals surface area contributed by atoms with Crippen LogP contribution in [0.5, 0.6) is 0 Å². The van der Waals surface area contributed by atoms with Gasteiger partial charge < -0.3 is 0 Å². The van der Waals surface area contributed by atoms with E-state index in [9.17, 15) is 13.0 Å². The predicted molar refractivity (Wildman–Crippen MR) is 136 cm³/mol. The number of fused-ring (bicyclic) bond motifs is 3. The Morgan fingerprint density at radius 1 is 1.12 bits per heavy atom. The summed E-state index contributed by atoms with van der Waals surface area (Å²) in [4.78, 5) is 0. The smallest absolute Gasteiger partial charge is 0.264 e. The molecule has 5 heteroatoms. The van der Waals surface area contributed by atoms with E-state index >= 15 is 0 Å². The molecule has 2 saturated carbocycles. The van der Waals surface area contributed by atoms with E-state index in [4.69, 9.17) is 4.18 Å². The number of rotatable bonds is 12. The lowest BCUT2D eigenvalue weighted by atomic mass is 9.54. The quantitative estimate of drug-likeness (QED) is 0.226. The summed E-state index contributed by atoms with van der Waals surface area (Å²) in [6.07, 6.45) is 17.0. The van der Waals surface area contributed by atoms with Gasteiger partial charge in [0.25, 0.3) is 0 Å². The van der Waals surface area contributed by atoms with Gasteiger partial charge in [-0.15, -0.1) is 0 Å². The zero-order valence-electron chi connectivity index (χ0n) is 21.9. The fraction of sp³-hybridized carbons (Fsp3) is 0.929. The summed E-state index contributed by atoms with van der Waals surface area (Å²) in [5, 5.41) is 0. The molecule has 0 saturated heterocycles. The van der Waals surface area contributed by atoms with E-state index in [-0.39, 0.29) is 0 Å². The molecule has 2 fully saturated rings. The number of unbranched alkanes of at least 4 members (excludes halogenated alkanes) is 1. The van der Waals surface area contributed by atoms with Crippen LogP contribution in [0, 0.1) is 40.9 Å². The van der Waals surface area contributed by atoms with Crippen LogP contribution in [0.1, 0.15) is 118 Å². The molecule has 0 amide bonds. The molecule has 33 heavy (non-hydrogen) atoms. The standard InChI is InChI=1S/C28H50O4S/c1-6-7-11-24(32-33(29,30)31)19-22-12-13-25-23(18-22)16-17-28(5)26(14-15-27(25)28)21(4)10-8-9-20(2)3/h12,20-21,23-27H,6-11,13-19H2,1-5H3,(H,29,30,31)/t21-,23?,24+,25-,26-,27+,28-/m1/s1. The highest BCUT2D eigenvalue weighted by molar-refractivity contribution is 7.80. The van der Waals surface area contributed by atoms with Gasteiger partial charge in [0.2, 0.25) is 0 Å². The van der Waals surface area contributed by atoms with E-state index in [1.165, 1.54) is 50.5 Å². The van der Waals surface area contributed by atoms with Gasteiger partial charge in [-0.2, -0.15) is 8.42 Å². The second-order valence-corrected chi connectivity index (χ2v) is 13.4. The lowest BCUT2D eigenvalue weighted by Gasteiger charge is -2.51. The Morgan fingerprint density at radius 3 is 2.55 bits per heavy atom. The Labute approximate surface area is 204 Å². The molecule has 3 rings (SSSR count). The van der Waals surface area contributed by atoms with Crippen molar-refractivity contribution in [3.8, 4) is 0 Å². The lowest BCUT2D eigenvalue weighted by Crippen LogP contribution is -2.43. The van der Waals surface area contributed by atoms with Crippen molar-refractivity contribution >= 4 is 10.4 Å². The minimum atomic E-state index is -4.40. The van der Waals surface area contributed by atoms with E-state index in [0.29, 0.717) is 18.3 Å². The van der Waals surface area contributed by atoms with Crippen LogP contribution in [0.4, 0.5) is 0 Å². The molecule has 4 nitrogen and oxygen atoms in total. The minimum Gasteiger partial charge on any atom is -0.264 e. The van der Waals surface area contributed by atoms with Crippen LogP contribution >= 0.6 is 0 Å². The molecular formula is C28H50O4S. The van der Waals surface area contributed by atoms with Gasteiger partial charge in [-0.05, 0) is 92.3 Å². The zero-order chi connectivity index (χ0) is 24.2. The Hall–Kier alpha value is -0.390. The van der Waals surface area contributed by atoms with Crippen LogP contribution in [-0.4, -0.2) is 19.1 Å². The minimum absolute atomic E-state index is 0.431. The summed E-state index contributed by atoms with van der Waals surface area (Å²) in [7, 11) is -4.40. The van der Waals surface area contributed by atoms with Gasteiger partial charge >= 0.3 is 10.4 Å². The SMILES string of the molecule is CCCC[C@@H](CC1=CC[C@@H]2C(CC[C@]3(C)[C@@H]([C@H](C)CCCC(C)C)CC[C@@H]23)C1)OS(=O)(=O)O. The molecule has 0 heterocycles. The number of hydrogen-bond donors (Lipinski definition) is 1. The molecule has 0 aromatic heterocycles. The third-order valence-electron chi connectivity index (χ3n) is 9.62. The molecule has 7 atom stereocenters. The predicted octanol–water partition coefficient (Wildman–Crippen LogP) is 8.00. The highest BCUT2D eigenvalue weighted by Crippen LogP contribution is 2.63. The van der Waals surface area contributed by atoms with E-state index in [0.717, 1.165) is 61.2 Å². The molecule has 0 spiro atoms. The van der Waals surface area contributed by atoms with Gasteiger partial charge in [-0.1, -0.05) is 78.4 Å². The van der Waals surface area contributed by atoms with Crippen LogP contribution in [-0.2, 0) is 14.6 Å². The van der Waals surface area contributed by atoms with Crippen LogP contribution < -0.4 is 0 Å². The van der Waals surface area contributed by atoms with E-state index < -0.39 is 16.5 Å². The van der Waals surface area contributed by atoms with E-state index in [1.807, 2.05) is 0 Å². The van der Waals surface area contributed by atoms with Crippen molar-refractivity contribution in [3.63, 3.8) is 0 Å². The first-order valence-corrected chi connectivity index (χ1v) is 15.2. The first kappa shape index (κ1) is 27.2. The third-order valence-corrected chi connectivity index (χ3v) is 10.1. The van der Waals surface area contributed by atoms with Gasteiger partial charge in [0.15, 0.2) is 0 Å². The molecule has 1 N–H and O–H groups in total. The highest BCUT2D eigenvalue weighted by atomic mass is 32.3. The molecule has 0 bridgehead atoms. The van der Waals surface area contributed by atoms with Gasteiger partial charge in [0.05, 0.1) is 6.10 Å². The fourth-order valence-corrected chi connectivity index (χ4v) is 8.48. The van der Waals surface area contributed by atoms with Crippen molar-refractivity contribution in [2.45, 2.75) is 124 Å². The summed E-state index contributed by atoms with van der Waals surface area (Å²) in [6.45, 7) is 11.9. The summed E-state index contributed by atoms with van der Waals surface area (Å²) in [6, 6.07) is 0. The highest BCUT2D eigenvalue weighted by Gasteiger charge is 2.54. The maximum Gasteiger partial charge on any atom is 0.397 e. The second kappa shape index (κ2) is 11.6. The third kappa shape index (κ3) is 7.07. The van der Waals surface area contributed by atoms with Crippen LogP contribution in [0.2, 0.25) is 0 Å². The lowest BCUT2D eigenvalue weighted by molar-refractivity contribution is -0.00697. The Bertz CT molecular complexity index is 758. The van der Waals surface area contributed by atoms with Crippen molar-refractivity contribution in [3.05, 3.63) is 11.6 Å². The van der Waals surface area contributed by atoms with Crippen LogP contribution in [0.3, 0.4) is 0 Å². The fourth-order valence-electron chi connectivity index (χ4n) is 7.97. The van der Waals surface area contributed by atoms with Crippen molar-refractivity contribution < 1.29 is 17.2 Å². The summed E-state index contributed by atoms with van der Waals surface area (Å²) in [5.41, 5.74) is 1.85. The van der Waals surface area contributed by atoms with Crippen molar-refractivity contribution in [2.75, 3.05) is 0 Å². The second-order valence-electron chi connectivity index (χ2n) is 12.4. The molecule has 0 radical (unpaired) electrons. The van der Waals surface area contributed by atoms with Gasteiger partial charge in [-0.3, -0.25) is 4.55 Å². The Balaban J connectivity index is 1.62. The molecule has 0 aliphatic heterocycles. The number of allylic oxidation sites excluding steroid dienone is 1. The molecular weight excluding hydrogens is 432 g/mol. The van der Waals surface area contributed by atoms with E-state index in [1.54, 1.807) is 0 Å². The van der Waals surface area contributed by atoms with E-state index in [2.05, 4.69) is 40.7 Å². The van der Waals surface area contributed by atoms with Crippen molar-refractivity contribution in [2.24, 2.45) is 40.9 Å². The topological polar surface area (TPSA) is 63.6 Å². The average molecular weight is 483 g/mol. The molecule has 3 aliphatic carbocycles. The maximum absolute atomic E-state index is 11.3. The number of hydrogen-bond acceptors (Lipinski definition) is 3. The monoisotopic (exact) mass is 482 g/mol. The molecule has 0 aromatic rings. The molecule has 1 unspecified atom stereocenters. The van der Waals surface area contributed by atoms with Gasteiger partial charge in [0, 0.05) is 0 Å². The normalized spacial score (nSPS) is 34.0. The summed E-state index contributed by atoms with van der Waals surface area (Å²) >= 11 is 0.